The Morgan fingerprint density at radius 2 is 1.91 bits per heavy atom. The van der Waals surface area contributed by atoms with Crippen molar-refractivity contribution in [2.24, 2.45) is 10.9 Å². The molecule has 1 aliphatic carbocycles. The summed E-state index contributed by atoms with van der Waals surface area (Å²) in [6, 6.07) is 8.87. The zero-order valence-corrected chi connectivity index (χ0v) is 20.3. The normalized spacial score (nSPS) is 24.0. The lowest BCUT2D eigenvalue weighted by Gasteiger charge is -2.38. The van der Waals surface area contributed by atoms with Crippen LogP contribution in [0, 0.1) is 5.92 Å². The lowest BCUT2D eigenvalue weighted by Crippen LogP contribution is -2.44. The van der Waals surface area contributed by atoms with E-state index in [1.807, 2.05) is 12.3 Å². The maximum absolute atomic E-state index is 13.4. The highest BCUT2D eigenvalue weighted by Gasteiger charge is 2.37. The van der Waals surface area contributed by atoms with Crippen LogP contribution in [0.1, 0.15) is 80.6 Å². The molecule has 3 aliphatic rings. The van der Waals surface area contributed by atoms with E-state index in [2.05, 4.69) is 46.2 Å². The zero-order valence-electron chi connectivity index (χ0n) is 19.5. The highest BCUT2D eigenvalue weighted by atomic mass is 32.2. The molecule has 0 bridgehead atoms. The van der Waals surface area contributed by atoms with Crippen molar-refractivity contribution in [2.75, 3.05) is 18.8 Å². The molecule has 1 aromatic heterocycles. The third kappa shape index (κ3) is 4.93. The number of amides is 1. The van der Waals surface area contributed by atoms with E-state index in [4.69, 9.17) is 9.51 Å². The number of carbonyl (C=O) groups excluding carboxylic acids is 1. The van der Waals surface area contributed by atoms with Gasteiger partial charge in [-0.15, -0.1) is 11.8 Å². The van der Waals surface area contributed by atoms with Crippen LogP contribution in [-0.2, 0) is 11.2 Å². The van der Waals surface area contributed by atoms with Crippen molar-refractivity contribution >= 4 is 29.1 Å². The maximum Gasteiger partial charge on any atom is 0.231 e. The quantitative estimate of drug-likeness (QED) is 0.590. The monoisotopic (exact) mass is 464 g/mol. The molecule has 2 atom stereocenters. The number of rotatable bonds is 5. The Balaban J connectivity index is 1.40. The van der Waals surface area contributed by atoms with Gasteiger partial charge in [-0.25, -0.2) is 0 Å². The van der Waals surface area contributed by atoms with Gasteiger partial charge in [-0.2, -0.15) is 4.98 Å². The molecular formula is C26H32N4O2S. The summed E-state index contributed by atoms with van der Waals surface area (Å²) in [5.74, 6) is 2.83. The van der Waals surface area contributed by atoms with E-state index >= 15 is 0 Å². The van der Waals surface area contributed by atoms with Crippen LogP contribution >= 0.6 is 11.8 Å². The Morgan fingerprint density at radius 3 is 2.64 bits per heavy atom. The molecule has 0 radical (unpaired) electrons. The number of aliphatic imine (C=N–C) groups is 1. The van der Waals surface area contributed by atoms with Gasteiger partial charge in [-0.3, -0.25) is 9.79 Å². The molecule has 1 amide bonds. The second kappa shape index (κ2) is 9.84. The molecule has 6 nitrogen and oxygen atoms in total. The predicted molar refractivity (Wildman–Crippen MR) is 132 cm³/mol. The second-order valence-electron chi connectivity index (χ2n) is 9.57. The molecule has 2 unspecified atom stereocenters. The summed E-state index contributed by atoms with van der Waals surface area (Å²) in [5.41, 5.74) is 4.44. The number of hydrogen-bond acceptors (Lipinski definition) is 6. The Morgan fingerprint density at radius 1 is 1.15 bits per heavy atom. The lowest BCUT2D eigenvalue weighted by molar-refractivity contribution is -0.137. The Hall–Kier alpha value is -2.41. The standard InChI is InChI=1S/C26H32N4O2S/c1-3-18-8-10-19(11-9-18)21-12-22(14-30(13-21)26(31)20-6-4-5-7-20)25-28-24(29-32-25)23-16-33-15-17(2)27-23/h8-11,16,20-22H,3-7,12-15H2,1-2H3. The fraction of sp³-hybridized carbons (Fsp3) is 0.538. The van der Waals surface area contributed by atoms with Crippen LogP contribution in [-0.4, -0.2) is 45.5 Å². The van der Waals surface area contributed by atoms with Gasteiger partial charge >= 0.3 is 0 Å². The highest BCUT2D eigenvalue weighted by Crippen LogP contribution is 2.38. The molecule has 3 heterocycles. The van der Waals surface area contributed by atoms with Crippen LogP contribution in [0.2, 0.25) is 0 Å². The summed E-state index contributed by atoms with van der Waals surface area (Å²) in [6.07, 6.45) is 6.29. The van der Waals surface area contributed by atoms with Gasteiger partial charge in [0.05, 0.1) is 5.92 Å². The number of carbonyl (C=O) groups is 1. The van der Waals surface area contributed by atoms with Gasteiger partial charge in [0, 0.05) is 41.8 Å². The smallest absolute Gasteiger partial charge is 0.231 e. The second-order valence-corrected chi connectivity index (χ2v) is 10.4. The molecule has 2 fully saturated rings. The molecule has 0 spiro atoms. The van der Waals surface area contributed by atoms with E-state index in [9.17, 15) is 4.79 Å². The molecule has 174 valence electrons. The van der Waals surface area contributed by atoms with Crippen LogP contribution in [0.5, 0.6) is 0 Å². The minimum Gasteiger partial charge on any atom is -0.341 e. The zero-order chi connectivity index (χ0) is 22.8. The van der Waals surface area contributed by atoms with E-state index in [0.717, 1.165) is 62.2 Å². The lowest BCUT2D eigenvalue weighted by atomic mass is 9.83. The van der Waals surface area contributed by atoms with E-state index in [0.29, 0.717) is 24.2 Å². The van der Waals surface area contributed by atoms with Crippen molar-refractivity contribution in [1.29, 1.82) is 0 Å². The molecule has 2 aliphatic heterocycles. The van der Waals surface area contributed by atoms with E-state index < -0.39 is 0 Å². The van der Waals surface area contributed by atoms with Crippen molar-refractivity contribution < 1.29 is 9.32 Å². The topological polar surface area (TPSA) is 71.6 Å². The first-order valence-corrected chi connectivity index (χ1v) is 13.2. The molecule has 1 aromatic carbocycles. The van der Waals surface area contributed by atoms with Gasteiger partial charge in [-0.1, -0.05) is 49.2 Å². The summed E-state index contributed by atoms with van der Waals surface area (Å²) < 4.78 is 5.75. The first-order chi connectivity index (χ1) is 16.1. The van der Waals surface area contributed by atoms with Crippen molar-refractivity contribution in [3.8, 4) is 0 Å². The number of piperidine rings is 1. The fourth-order valence-electron chi connectivity index (χ4n) is 5.27. The summed E-state index contributed by atoms with van der Waals surface area (Å²) in [7, 11) is 0. The average Bonchev–Trinajstić information content (AvgIpc) is 3.56. The van der Waals surface area contributed by atoms with Gasteiger partial charge in [0.25, 0.3) is 0 Å². The number of benzene rings is 1. The maximum atomic E-state index is 13.4. The molecule has 2 aromatic rings. The van der Waals surface area contributed by atoms with Crippen molar-refractivity contribution in [3.05, 3.63) is 52.5 Å². The minimum absolute atomic E-state index is 0.0307. The molecule has 1 saturated heterocycles. The molecule has 7 heteroatoms. The number of aromatic nitrogens is 2. The summed E-state index contributed by atoms with van der Waals surface area (Å²) in [6.45, 7) is 5.61. The Labute approximate surface area is 199 Å². The summed E-state index contributed by atoms with van der Waals surface area (Å²) >= 11 is 1.70. The van der Waals surface area contributed by atoms with Crippen LogP contribution < -0.4 is 0 Å². The van der Waals surface area contributed by atoms with Gasteiger partial charge < -0.3 is 9.42 Å². The fourth-order valence-corrected chi connectivity index (χ4v) is 5.97. The van der Waals surface area contributed by atoms with E-state index in [1.54, 1.807) is 11.8 Å². The Kier molecular flexibility index (Phi) is 6.67. The van der Waals surface area contributed by atoms with Gasteiger partial charge in [0.1, 0.15) is 5.70 Å². The third-order valence-corrected chi connectivity index (χ3v) is 8.12. The molecule has 1 saturated carbocycles. The Bertz CT molecular complexity index is 1050. The minimum atomic E-state index is 0.0307. The average molecular weight is 465 g/mol. The molecule has 0 N–H and O–H groups in total. The van der Waals surface area contributed by atoms with Crippen LogP contribution in [0.25, 0.3) is 5.70 Å². The van der Waals surface area contributed by atoms with E-state index in [1.165, 1.54) is 11.1 Å². The largest absolute Gasteiger partial charge is 0.341 e. The number of thioether (sulfide) groups is 1. The number of aryl methyl sites for hydroxylation is 1. The van der Waals surface area contributed by atoms with Crippen LogP contribution in [0.3, 0.4) is 0 Å². The van der Waals surface area contributed by atoms with Crippen molar-refractivity contribution in [1.82, 2.24) is 15.0 Å². The summed E-state index contributed by atoms with van der Waals surface area (Å²) in [5, 5.41) is 6.24. The van der Waals surface area contributed by atoms with Crippen LogP contribution in [0.4, 0.5) is 0 Å². The van der Waals surface area contributed by atoms with Crippen molar-refractivity contribution in [2.45, 2.75) is 64.2 Å². The number of likely N-dealkylation sites (tertiary alicyclic amines) is 1. The third-order valence-electron chi connectivity index (χ3n) is 7.14. The summed E-state index contributed by atoms with van der Waals surface area (Å²) in [4.78, 5) is 24.8. The first-order valence-electron chi connectivity index (χ1n) is 12.2. The highest BCUT2D eigenvalue weighted by molar-refractivity contribution is 8.03. The number of hydrogen-bond donors (Lipinski definition) is 0. The number of nitrogens with zero attached hydrogens (tertiary/aromatic N) is 4. The SMILES string of the molecule is CCc1ccc(C2CC(c3nc(C4=CSCC(C)=N4)no3)CN(C(=O)C3CCCC3)C2)cc1. The molecule has 5 rings (SSSR count). The van der Waals surface area contributed by atoms with Gasteiger partial charge in [0.15, 0.2) is 0 Å². The predicted octanol–water partition coefficient (Wildman–Crippen LogP) is 5.43. The van der Waals surface area contributed by atoms with Crippen LogP contribution in [0.15, 0.2) is 39.2 Å². The van der Waals surface area contributed by atoms with Gasteiger partial charge in [-0.05, 0) is 43.7 Å². The van der Waals surface area contributed by atoms with Gasteiger partial charge in [0.2, 0.25) is 17.6 Å². The first kappa shape index (κ1) is 22.4. The molecular weight excluding hydrogens is 432 g/mol. The molecule has 33 heavy (non-hydrogen) atoms. The van der Waals surface area contributed by atoms with E-state index in [-0.39, 0.29) is 17.8 Å². The van der Waals surface area contributed by atoms with Crippen molar-refractivity contribution in [3.63, 3.8) is 0 Å².